The molecule has 0 aliphatic carbocycles. The first kappa shape index (κ1) is 14.1. The van der Waals surface area contributed by atoms with E-state index in [1.54, 1.807) is 0 Å². The molecule has 0 amide bonds. The molecule has 0 bridgehead atoms. The second kappa shape index (κ2) is 5.18. The van der Waals surface area contributed by atoms with Gasteiger partial charge in [0.1, 0.15) is 0 Å². The third-order valence-corrected chi connectivity index (χ3v) is 3.77. The van der Waals surface area contributed by atoms with Gasteiger partial charge < -0.3 is 10.5 Å². The quantitative estimate of drug-likeness (QED) is 0.675. The van der Waals surface area contributed by atoms with Crippen LogP contribution in [-0.4, -0.2) is 21.3 Å². The summed E-state index contributed by atoms with van der Waals surface area (Å²) in [6.07, 6.45) is 0.551. The van der Waals surface area contributed by atoms with Crippen LogP contribution < -0.4 is 5.73 Å². The van der Waals surface area contributed by atoms with Gasteiger partial charge >= 0.3 is 0 Å². The van der Waals surface area contributed by atoms with Crippen molar-refractivity contribution in [2.24, 2.45) is 0 Å². The lowest BCUT2D eigenvalue weighted by Crippen LogP contribution is -2.14. The zero-order chi connectivity index (χ0) is 15.1. The van der Waals surface area contributed by atoms with E-state index in [1.165, 1.54) is 16.8 Å². The molecule has 110 valence electrons. The van der Waals surface area contributed by atoms with Gasteiger partial charge in [0, 0.05) is 23.1 Å². The molecule has 0 spiro atoms. The molecule has 3 rings (SSSR count). The minimum Gasteiger partial charge on any atom is -0.382 e. The molecule has 0 fully saturated rings. The Kier molecular flexibility index (Phi) is 3.48. The van der Waals surface area contributed by atoms with E-state index >= 15 is 0 Å². The van der Waals surface area contributed by atoms with Crippen molar-refractivity contribution in [3.05, 3.63) is 43.5 Å². The zero-order valence-corrected chi connectivity index (χ0v) is 12.2. The van der Waals surface area contributed by atoms with Gasteiger partial charge in [-0.1, -0.05) is 23.2 Å². The summed E-state index contributed by atoms with van der Waals surface area (Å²) in [7, 11) is 0. The number of rotatable bonds is 2. The van der Waals surface area contributed by atoms with Crippen LogP contribution in [-0.2, 0) is 17.8 Å². The van der Waals surface area contributed by atoms with Crippen molar-refractivity contribution in [1.82, 2.24) is 9.78 Å². The highest BCUT2D eigenvalue weighted by atomic mass is 35.5. The van der Waals surface area contributed by atoms with Gasteiger partial charge in [-0.05, 0) is 6.07 Å². The number of aromatic nitrogens is 2. The van der Waals surface area contributed by atoms with E-state index in [0.717, 1.165) is 11.3 Å². The molecular weight excluding hydrogens is 319 g/mol. The summed E-state index contributed by atoms with van der Waals surface area (Å²) in [5.74, 6) is 0.282. The van der Waals surface area contributed by atoms with Crippen molar-refractivity contribution in [1.29, 1.82) is 0 Å². The van der Waals surface area contributed by atoms with Crippen LogP contribution in [0, 0.1) is 10.1 Å². The molecule has 1 aliphatic rings. The van der Waals surface area contributed by atoms with Crippen molar-refractivity contribution in [3.8, 4) is 5.69 Å². The van der Waals surface area contributed by atoms with E-state index in [0.29, 0.717) is 19.6 Å². The Morgan fingerprint density at radius 1 is 1.43 bits per heavy atom. The Morgan fingerprint density at radius 2 is 2.19 bits per heavy atom. The molecule has 21 heavy (non-hydrogen) atoms. The summed E-state index contributed by atoms with van der Waals surface area (Å²) in [5.41, 5.74) is 7.31. The van der Waals surface area contributed by atoms with Gasteiger partial charge in [-0.25, -0.2) is 4.68 Å². The summed E-state index contributed by atoms with van der Waals surface area (Å²) < 4.78 is 6.75. The smallest absolute Gasteiger partial charge is 0.297 e. The highest BCUT2D eigenvalue weighted by molar-refractivity contribution is 6.36. The lowest BCUT2D eigenvalue weighted by Gasteiger charge is -2.15. The van der Waals surface area contributed by atoms with Gasteiger partial charge in [0.2, 0.25) is 0 Å². The van der Waals surface area contributed by atoms with Gasteiger partial charge in [0.05, 0.1) is 28.9 Å². The molecule has 0 saturated carbocycles. The summed E-state index contributed by atoms with van der Waals surface area (Å²) >= 11 is 12.0. The summed E-state index contributed by atoms with van der Waals surface area (Å²) in [6.45, 7) is 0.831. The number of nitrogens with two attached hydrogens (primary N) is 1. The van der Waals surface area contributed by atoms with Crippen LogP contribution in [0.15, 0.2) is 12.1 Å². The fraction of sp³-hybridized carbons (Fsp3) is 0.250. The standard InChI is InChI=1S/C12H10Cl2N4O3/c13-6-3-8(14)11(10(4-6)18(19)20)17-9-1-2-21-5-7(9)12(15)16-17/h3-4H,1-2,5H2,(H2,15,16). The third kappa shape index (κ3) is 2.33. The van der Waals surface area contributed by atoms with Crippen LogP contribution in [0.25, 0.3) is 5.69 Å². The van der Waals surface area contributed by atoms with Crippen LogP contribution >= 0.6 is 23.2 Å². The number of nitrogens with zero attached hydrogens (tertiary/aromatic N) is 3. The lowest BCUT2D eigenvalue weighted by atomic mass is 10.1. The van der Waals surface area contributed by atoms with Crippen molar-refractivity contribution < 1.29 is 9.66 Å². The van der Waals surface area contributed by atoms with Crippen LogP contribution in [0.2, 0.25) is 10.0 Å². The Balaban J connectivity index is 2.28. The van der Waals surface area contributed by atoms with Gasteiger partial charge in [0.15, 0.2) is 11.5 Å². The molecule has 1 aliphatic heterocycles. The molecule has 2 aromatic rings. The Morgan fingerprint density at radius 3 is 2.90 bits per heavy atom. The SMILES string of the molecule is Nc1nn(-c2c(Cl)cc(Cl)cc2[N+](=O)[O-])c2c1COCC2. The van der Waals surface area contributed by atoms with Gasteiger partial charge in [-0.2, -0.15) is 0 Å². The monoisotopic (exact) mass is 328 g/mol. The number of nitrogen functional groups attached to an aromatic ring is 1. The normalized spacial score (nSPS) is 14.0. The Labute approximate surface area is 129 Å². The number of nitro groups is 1. The molecule has 2 N–H and O–H groups in total. The predicted octanol–water partition coefficient (Wildman–Crippen LogP) is 2.74. The van der Waals surface area contributed by atoms with E-state index in [9.17, 15) is 10.1 Å². The summed E-state index contributed by atoms with van der Waals surface area (Å²) in [5, 5.41) is 15.8. The fourth-order valence-corrected chi connectivity index (χ4v) is 2.91. The molecule has 7 nitrogen and oxygen atoms in total. The van der Waals surface area contributed by atoms with Crippen LogP contribution in [0.1, 0.15) is 11.3 Å². The first-order valence-electron chi connectivity index (χ1n) is 6.07. The molecule has 0 atom stereocenters. The first-order valence-corrected chi connectivity index (χ1v) is 6.82. The fourth-order valence-electron chi connectivity index (χ4n) is 2.35. The van der Waals surface area contributed by atoms with Crippen LogP contribution in [0.3, 0.4) is 0 Å². The molecule has 9 heteroatoms. The van der Waals surface area contributed by atoms with E-state index in [-0.39, 0.29) is 27.2 Å². The highest BCUT2D eigenvalue weighted by Gasteiger charge is 2.27. The van der Waals surface area contributed by atoms with Crippen LogP contribution in [0.4, 0.5) is 11.5 Å². The average molecular weight is 329 g/mol. The number of anilines is 1. The predicted molar refractivity (Wildman–Crippen MR) is 78.0 cm³/mol. The molecule has 1 aromatic heterocycles. The van der Waals surface area contributed by atoms with Crippen molar-refractivity contribution in [2.75, 3.05) is 12.3 Å². The highest BCUT2D eigenvalue weighted by Crippen LogP contribution is 2.36. The van der Waals surface area contributed by atoms with Gasteiger partial charge in [0.25, 0.3) is 5.69 Å². The van der Waals surface area contributed by atoms with E-state index in [2.05, 4.69) is 5.10 Å². The first-order chi connectivity index (χ1) is 9.99. The minimum atomic E-state index is -0.545. The minimum absolute atomic E-state index is 0.144. The number of benzene rings is 1. The van der Waals surface area contributed by atoms with E-state index in [4.69, 9.17) is 33.7 Å². The maximum atomic E-state index is 11.3. The number of fused-ring (bicyclic) bond motifs is 1. The molecular formula is C12H10Cl2N4O3. The Bertz CT molecular complexity index is 745. The molecule has 0 unspecified atom stereocenters. The topological polar surface area (TPSA) is 96.2 Å². The number of nitro benzene ring substituents is 1. The zero-order valence-electron chi connectivity index (χ0n) is 10.7. The summed E-state index contributed by atoms with van der Waals surface area (Å²) in [4.78, 5) is 10.7. The van der Waals surface area contributed by atoms with E-state index < -0.39 is 4.92 Å². The number of ether oxygens (including phenoxy) is 1. The average Bonchev–Trinajstić information content (AvgIpc) is 2.76. The lowest BCUT2D eigenvalue weighted by molar-refractivity contribution is -0.384. The van der Waals surface area contributed by atoms with E-state index in [1.807, 2.05) is 0 Å². The number of hydrogen-bond acceptors (Lipinski definition) is 5. The third-order valence-electron chi connectivity index (χ3n) is 3.27. The van der Waals surface area contributed by atoms with Crippen molar-refractivity contribution in [3.63, 3.8) is 0 Å². The molecule has 0 radical (unpaired) electrons. The van der Waals surface area contributed by atoms with Gasteiger partial charge in [-0.3, -0.25) is 10.1 Å². The molecule has 0 saturated heterocycles. The second-order valence-corrected chi connectivity index (χ2v) is 5.38. The Hall–Kier alpha value is -1.83. The van der Waals surface area contributed by atoms with Crippen molar-refractivity contribution >= 4 is 34.7 Å². The maximum absolute atomic E-state index is 11.3. The number of hydrogen-bond donors (Lipinski definition) is 1. The molecule has 1 aromatic carbocycles. The summed E-state index contributed by atoms with van der Waals surface area (Å²) in [6, 6.07) is 2.68. The second-order valence-electron chi connectivity index (χ2n) is 4.54. The van der Waals surface area contributed by atoms with Crippen molar-refractivity contribution in [2.45, 2.75) is 13.0 Å². The van der Waals surface area contributed by atoms with Crippen LogP contribution in [0.5, 0.6) is 0 Å². The maximum Gasteiger partial charge on any atom is 0.297 e. The molecule has 2 heterocycles. The number of halogens is 2. The van der Waals surface area contributed by atoms with Gasteiger partial charge in [-0.15, -0.1) is 5.10 Å². The largest absolute Gasteiger partial charge is 0.382 e.